The van der Waals surface area contributed by atoms with Gasteiger partial charge in [-0.2, -0.15) is 0 Å². The minimum atomic E-state index is -0.516. The molecule has 12 nitrogen and oxygen atoms in total. The SMILES string of the molecule is CCCC(CC)c1ccccc1NC(=O)c1ccccc1OCC(=O)Nc1ccc(Br)cc1.O=C(CNC(=O)c1ccccc1OCC(=O)Nc1ccc(F)cc1)Nc1ccccc1. The van der Waals surface area contributed by atoms with E-state index in [-0.39, 0.29) is 48.8 Å². The van der Waals surface area contributed by atoms with Crippen LogP contribution < -0.4 is 36.1 Å². The first-order valence-corrected chi connectivity index (χ1v) is 21.4. The summed E-state index contributed by atoms with van der Waals surface area (Å²) in [5.74, 6) is -1.40. The second kappa shape index (κ2) is 25.0. The average molecular weight is 931 g/mol. The summed E-state index contributed by atoms with van der Waals surface area (Å²) in [6.07, 6.45) is 3.16. The lowest BCUT2D eigenvalue weighted by atomic mass is 9.91. The Morgan fingerprint density at radius 2 is 1.03 bits per heavy atom. The molecule has 14 heteroatoms. The van der Waals surface area contributed by atoms with Crippen LogP contribution in [0, 0.1) is 5.82 Å². The van der Waals surface area contributed by atoms with Gasteiger partial charge in [0.25, 0.3) is 23.6 Å². The van der Waals surface area contributed by atoms with E-state index in [4.69, 9.17) is 9.47 Å². The van der Waals surface area contributed by atoms with Crippen molar-refractivity contribution in [2.45, 2.75) is 39.0 Å². The fourth-order valence-corrected chi connectivity index (χ4v) is 6.64. The van der Waals surface area contributed by atoms with E-state index in [9.17, 15) is 28.4 Å². The summed E-state index contributed by atoms with van der Waals surface area (Å²) in [6.45, 7) is 3.56. The van der Waals surface area contributed by atoms with Crippen LogP contribution in [-0.4, -0.2) is 49.3 Å². The van der Waals surface area contributed by atoms with Crippen molar-refractivity contribution < 1.29 is 37.8 Å². The molecule has 330 valence electrons. The van der Waals surface area contributed by atoms with Gasteiger partial charge < -0.3 is 36.1 Å². The lowest BCUT2D eigenvalue weighted by molar-refractivity contribution is -0.118. The highest BCUT2D eigenvalue weighted by Gasteiger charge is 2.19. The van der Waals surface area contributed by atoms with Crippen molar-refractivity contribution in [2.75, 3.05) is 41.0 Å². The maximum Gasteiger partial charge on any atom is 0.262 e. The summed E-state index contributed by atoms with van der Waals surface area (Å²) >= 11 is 3.37. The van der Waals surface area contributed by atoms with Gasteiger partial charge in [0.1, 0.15) is 17.3 Å². The molecule has 0 aliphatic rings. The molecule has 0 spiro atoms. The second-order valence-corrected chi connectivity index (χ2v) is 15.1. The third-order valence-electron chi connectivity index (χ3n) is 9.48. The number of carbonyl (C=O) groups excluding carboxylic acids is 5. The van der Waals surface area contributed by atoms with Crippen molar-refractivity contribution in [3.8, 4) is 11.5 Å². The smallest absolute Gasteiger partial charge is 0.262 e. The Labute approximate surface area is 380 Å². The van der Waals surface area contributed by atoms with Crippen LogP contribution >= 0.6 is 15.9 Å². The van der Waals surface area contributed by atoms with Crippen LogP contribution in [0.4, 0.5) is 27.1 Å². The van der Waals surface area contributed by atoms with Gasteiger partial charge in [-0.3, -0.25) is 24.0 Å². The maximum atomic E-state index is 13.1. The normalized spacial score (nSPS) is 10.8. The Morgan fingerprint density at radius 1 is 0.547 bits per heavy atom. The number of rotatable bonds is 18. The van der Waals surface area contributed by atoms with Gasteiger partial charge >= 0.3 is 0 Å². The van der Waals surface area contributed by atoms with Crippen LogP contribution in [0.2, 0.25) is 0 Å². The van der Waals surface area contributed by atoms with Gasteiger partial charge in [-0.05, 0) is 115 Å². The van der Waals surface area contributed by atoms with Gasteiger partial charge in [0.05, 0.1) is 17.7 Å². The molecule has 5 amide bonds. The molecule has 6 rings (SSSR count). The zero-order valence-corrected chi connectivity index (χ0v) is 37.0. The number of ether oxygens (including phenoxy) is 2. The molecule has 64 heavy (non-hydrogen) atoms. The lowest BCUT2D eigenvalue weighted by Crippen LogP contribution is -2.33. The van der Waals surface area contributed by atoms with E-state index in [2.05, 4.69) is 62.4 Å². The lowest BCUT2D eigenvalue weighted by Gasteiger charge is -2.19. The number of carbonyl (C=O) groups is 5. The Bertz CT molecular complexity index is 2490. The molecule has 5 N–H and O–H groups in total. The number of hydrogen-bond acceptors (Lipinski definition) is 7. The number of anilines is 4. The molecule has 0 aliphatic carbocycles. The van der Waals surface area contributed by atoms with Crippen LogP contribution in [-0.2, 0) is 14.4 Å². The summed E-state index contributed by atoms with van der Waals surface area (Å²) in [7, 11) is 0. The van der Waals surface area contributed by atoms with Gasteiger partial charge in [-0.1, -0.05) is 96.9 Å². The molecule has 0 bridgehead atoms. The maximum absolute atomic E-state index is 13.1. The third-order valence-corrected chi connectivity index (χ3v) is 10.0. The third kappa shape index (κ3) is 15.2. The van der Waals surface area contributed by atoms with Crippen LogP contribution in [0.3, 0.4) is 0 Å². The minimum absolute atomic E-state index is 0.185. The van der Waals surface area contributed by atoms with Gasteiger partial charge in [0.15, 0.2) is 13.2 Å². The first kappa shape index (κ1) is 47.7. The van der Waals surface area contributed by atoms with E-state index in [1.807, 2.05) is 36.4 Å². The molecule has 0 aromatic heterocycles. The first-order valence-electron chi connectivity index (χ1n) is 20.6. The van der Waals surface area contributed by atoms with E-state index in [0.717, 1.165) is 35.0 Å². The second-order valence-electron chi connectivity index (χ2n) is 14.2. The Kier molecular flexibility index (Phi) is 18.6. The van der Waals surface area contributed by atoms with Crippen molar-refractivity contribution in [3.05, 3.63) is 179 Å². The average Bonchev–Trinajstić information content (AvgIpc) is 3.31. The zero-order valence-electron chi connectivity index (χ0n) is 35.4. The highest BCUT2D eigenvalue weighted by molar-refractivity contribution is 9.10. The molecule has 0 saturated heterocycles. The predicted molar refractivity (Wildman–Crippen MR) is 251 cm³/mol. The molecule has 0 heterocycles. The molecule has 0 radical (unpaired) electrons. The summed E-state index contributed by atoms with van der Waals surface area (Å²) in [4.78, 5) is 62.0. The summed E-state index contributed by atoms with van der Waals surface area (Å²) in [5.41, 5.74) is 4.24. The first-order chi connectivity index (χ1) is 31.0. The minimum Gasteiger partial charge on any atom is -0.483 e. The van der Waals surface area contributed by atoms with Crippen molar-refractivity contribution in [1.29, 1.82) is 0 Å². The molecule has 0 saturated carbocycles. The molecule has 1 atom stereocenters. The number of para-hydroxylation sites is 4. The van der Waals surface area contributed by atoms with Gasteiger partial charge in [0, 0.05) is 27.2 Å². The van der Waals surface area contributed by atoms with Crippen molar-refractivity contribution in [2.24, 2.45) is 0 Å². The van der Waals surface area contributed by atoms with Crippen LogP contribution in [0.25, 0.3) is 0 Å². The van der Waals surface area contributed by atoms with E-state index in [0.29, 0.717) is 34.3 Å². The largest absolute Gasteiger partial charge is 0.483 e. The van der Waals surface area contributed by atoms with E-state index in [1.54, 1.807) is 78.9 Å². The van der Waals surface area contributed by atoms with Gasteiger partial charge in [-0.15, -0.1) is 0 Å². The molecule has 6 aromatic rings. The fraction of sp³-hybridized carbons (Fsp3) is 0.180. The topological polar surface area (TPSA) is 164 Å². The molecular formula is C50H49BrFN5O7. The molecule has 1 unspecified atom stereocenters. The van der Waals surface area contributed by atoms with E-state index < -0.39 is 17.6 Å². The van der Waals surface area contributed by atoms with Crippen LogP contribution in [0.5, 0.6) is 11.5 Å². The van der Waals surface area contributed by atoms with Crippen molar-refractivity contribution in [3.63, 3.8) is 0 Å². The molecule has 0 fully saturated rings. The summed E-state index contributed by atoms with van der Waals surface area (Å²) in [5, 5.41) is 13.6. The molecular weight excluding hydrogens is 881 g/mol. The Morgan fingerprint density at radius 3 is 1.61 bits per heavy atom. The number of nitrogens with one attached hydrogen (secondary N) is 5. The fourth-order valence-electron chi connectivity index (χ4n) is 6.37. The zero-order chi connectivity index (χ0) is 45.7. The summed E-state index contributed by atoms with van der Waals surface area (Å²) < 4.78 is 25.0. The quantitative estimate of drug-likeness (QED) is 0.0573. The number of benzene rings is 6. The Balaban J connectivity index is 0.000000241. The summed E-state index contributed by atoms with van der Waals surface area (Å²) in [6, 6.07) is 42.7. The van der Waals surface area contributed by atoms with Gasteiger partial charge in [0.2, 0.25) is 5.91 Å². The van der Waals surface area contributed by atoms with E-state index >= 15 is 0 Å². The monoisotopic (exact) mass is 929 g/mol. The van der Waals surface area contributed by atoms with Gasteiger partial charge in [-0.25, -0.2) is 4.39 Å². The van der Waals surface area contributed by atoms with Crippen LogP contribution in [0.15, 0.2) is 156 Å². The molecule has 0 aliphatic heterocycles. The Hall–Kier alpha value is -7.32. The number of halogens is 2. The van der Waals surface area contributed by atoms with Crippen LogP contribution in [0.1, 0.15) is 65.3 Å². The predicted octanol–water partition coefficient (Wildman–Crippen LogP) is 10.2. The number of hydrogen-bond donors (Lipinski definition) is 5. The van der Waals surface area contributed by atoms with Crippen molar-refractivity contribution in [1.82, 2.24) is 5.32 Å². The van der Waals surface area contributed by atoms with Crippen molar-refractivity contribution >= 4 is 68.2 Å². The van der Waals surface area contributed by atoms with E-state index in [1.165, 1.54) is 30.3 Å². The highest BCUT2D eigenvalue weighted by atomic mass is 79.9. The molecule has 6 aromatic carbocycles. The highest BCUT2D eigenvalue weighted by Crippen LogP contribution is 2.31. The standard InChI is InChI=1S/C27H29BrN2O3.C23H20FN3O4/c1-3-9-19(4-2)22-10-5-7-12-24(22)30-27(32)23-11-6-8-13-25(23)33-18-26(31)29-21-16-14-20(28)15-17-21;24-16-10-12-18(13-11-16)27-22(29)15-31-20-9-5-4-8-19(20)23(30)25-14-21(28)26-17-6-2-1-3-7-17/h5-8,10-17,19H,3-4,9,18H2,1-2H3,(H,29,31)(H,30,32);1-13H,14-15H2,(H,25,30)(H,26,28)(H,27,29). The number of amides is 5.